The van der Waals surface area contributed by atoms with Crippen molar-refractivity contribution in [2.24, 2.45) is 5.92 Å². The van der Waals surface area contributed by atoms with Gasteiger partial charge in [0.2, 0.25) is 5.91 Å². The number of hydrogen-bond donors (Lipinski definition) is 2. The fraction of sp³-hybridized carbons (Fsp3) is 0.714. The van der Waals surface area contributed by atoms with Crippen molar-refractivity contribution in [3.05, 3.63) is 18.7 Å². The van der Waals surface area contributed by atoms with Crippen molar-refractivity contribution in [2.45, 2.75) is 44.2 Å². The lowest BCUT2D eigenvalue weighted by molar-refractivity contribution is -0.121. The molecule has 1 aromatic rings. The van der Waals surface area contributed by atoms with E-state index in [1.165, 1.54) is 19.3 Å². The van der Waals surface area contributed by atoms with Gasteiger partial charge in [-0.05, 0) is 44.6 Å². The van der Waals surface area contributed by atoms with Gasteiger partial charge < -0.3 is 15.2 Å². The molecule has 0 radical (unpaired) electrons. The zero-order valence-corrected chi connectivity index (χ0v) is 11.2. The molecule has 5 nitrogen and oxygen atoms in total. The van der Waals surface area contributed by atoms with Gasteiger partial charge in [0.05, 0.1) is 18.9 Å². The summed E-state index contributed by atoms with van der Waals surface area (Å²) in [5.41, 5.74) is 0. The Morgan fingerprint density at radius 3 is 2.95 bits per heavy atom. The topological polar surface area (TPSA) is 59.0 Å². The normalized spacial score (nSPS) is 26.5. The molecule has 1 amide bonds. The van der Waals surface area contributed by atoms with Gasteiger partial charge >= 0.3 is 0 Å². The first-order valence-electron chi connectivity index (χ1n) is 7.30. The van der Waals surface area contributed by atoms with Crippen molar-refractivity contribution < 1.29 is 4.79 Å². The predicted octanol–water partition coefficient (Wildman–Crippen LogP) is 1.09. The third-order valence-electron chi connectivity index (χ3n) is 4.15. The van der Waals surface area contributed by atoms with Crippen LogP contribution in [0.2, 0.25) is 0 Å². The molecule has 1 heterocycles. The summed E-state index contributed by atoms with van der Waals surface area (Å²) in [6, 6.07) is 0.624. The second kappa shape index (κ2) is 5.74. The van der Waals surface area contributed by atoms with Crippen molar-refractivity contribution in [1.29, 1.82) is 0 Å². The summed E-state index contributed by atoms with van der Waals surface area (Å²) >= 11 is 0. The maximum absolute atomic E-state index is 11.9. The van der Waals surface area contributed by atoms with Crippen LogP contribution in [-0.4, -0.2) is 34.6 Å². The number of nitrogens with one attached hydrogen (secondary N) is 2. The highest BCUT2D eigenvalue weighted by molar-refractivity contribution is 5.78. The van der Waals surface area contributed by atoms with Crippen molar-refractivity contribution >= 4 is 5.91 Å². The molecule has 5 heteroatoms. The lowest BCUT2D eigenvalue weighted by atomic mass is 10.1. The molecule has 2 aliphatic carbocycles. The number of carbonyl (C=O) groups excluding carboxylic acids is 1. The van der Waals surface area contributed by atoms with Crippen LogP contribution in [-0.2, 0) is 4.79 Å². The number of imidazole rings is 1. The minimum atomic E-state index is 0.123. The second-order valence-corrected chi connectivity index (χ2v) is 5.76. The number of hydrogen-bond acceptors (Lipinski definition) is 3. The van der Waals surface area contributed by atoms with Gasteiger partial charge in [-0.2, -0.15) is 0 Å². The molecule has 1 aromatic heterocycles. The highest BCUT2D eigenvalue weighted by Gasteiger charge is 2.29. The van der Waals surface area contributed by atoms with E-state index in [4.69, 9.17) is 0 Å². The van der Waals surface area contributed by atoms with Crippen molar-refractivity contribution in [1.82, 2.24) is 20.2 Å². The van der Waals surface area contributed by atoms with E-state index >= 15 is 0 Å². The van der Waals surface area contributed by atoms with Gasteiger partial charge in [-0.1, -0.05) is 0 Å². The Kier molecular flexibility index (Phi) is 3.82. The Labute approximate surface area is 113 Å². The molecule has 2 fully saturated rings. The van der Waals surface area contributed by atoms with Crippen LogP contribution >= 0.6 is 0 Å². The molecule has 0 bridgehead atoms. The molecule has 2 saturated carbocycles. The zero-order valence-electron chi connectivity index (χ0n) is 11.2. The van der Waals surface area contributed by atoms with Crippen molar-refractivity contribution in [3.8, 4) is 0 Å². The monoisotopic (exact) mass is 262 g/mol. The molecule has 2 aliphatic rings. The number of amides is 1. The number of aromatic nitrogens is 2. The van der Waals surface area contributed by atoms with E-state index in [-0.39, 0.29) is 11.9 Å². The number of carbonyl (C=O) groups is 1. The molecule has 2 atom stereocenters. The lowest BCUT2D eigenvalue weighted by Gasteiger charge is -2.22. The summed E-state index contributed by atoms with van der Waals surface area (Å²) in [5.74, 6) is 0.940. The first-order chi connectivity index (χ1) is 9.33. The van der Waals surface area contributed by atoms with Gasteiger partial charge in [-0.15, -0.1) is 0 Å². The minimum Gasteiger partial charge on any atom is -0.350 e. The van der Waals surface area contributed by atoms with Crippen LogP contribution in [0.15, 0.2) is 18.7 Å². The Morgan fingerprint density at radius 1 is 1.32 bits per heavy atom. The van der Waals surface area contributed by atoms with E-state index in [0.29, 0.717) is 12.6 Å². The molecule has 3 rings (SSSR count). The molecule has 0 saturated heterocycles. The molecule has 0 spiro atoms. The average molecular weight is 262 g/mol. The second-order valence-electron chi connectivity index (χ2n) is 5.76. The van der Waals surface area contributed by atoms with Crippen LogP contribution in [0, 0.1) is 5.92 Å². The summed E-state index contributed by atoms with van der Waals surface area (Å²) < 4.78 is 2.12. The molecule has 2 N–H and O–H groups in total. The standard InChI is InChI=1S/C14H22N4O/c19-14(9-16-8-11-4-5-11)17-12-2-1-3-13(12)18-7-6-15-10-18/h6-7,10-13,16H,1-5,8-9H2,(H,17,19). The van der Waals surface area contributed by atoms with Crippen LogP contribution in [0.25, 0.3) is 0 Å². The summed E-state index contributed by atoms with van der Waals surface area (Å²) in [6.07, 6.45) is 11.6. The lowest BCUT2D eigenvalue weighted by Crippen LogP contribution is -2.42. The van der Waals surface area contributed by atoms with Gasteiger partial charge in [0.15, 0.2) is 0 Å². The average Bonchev–Trinajstić information content (AvgIpc) is 2.90. The van der Waals surface area contributed by atoms with Gasteiger partial charge in [-0.3, -0.25) is 4.79 Å². The highest BCUT2D eigenvalue weighted by Crippen LogP contribution is 2.30. The Morgan fingerprint density at radius 2 is 2.21 bits per heavy atom. The SMILES string of the molecule is O=C(CNCC1CC1)NC1CCCC1n1ccnc1. The first-order valence-corrected chi connectivity index (χ1v) is 7.30. The van der Waals surface area contributed by atoms with Crippen LogP contribution in [0.3, 0.4) is 0 Å². The molecule has 0 aliphatic heterocycles. The maximum Gasteiger partial charge on any atom is 0.234 e. The highest BCUT2D eigenvalue weighted by atomic mass is 16.2. The summed E-state index contributed by atoms with van der Waals surface area (Å²) in [6.45, 7) is 1.44. The Bertz CT molecular complexity index is 413. The third-order valence-corrected chi connectivity index (χ3v) is 4.15. The van der Waals surface area contributed by atoms with Gasteiger partial charge in [-0.25, -0.2) is 4.98 Å². The van der Waals surface area contributed by atoms with Crippen LogP contribution in [0.5, 0.6) is 0 Å². The zero-order chi connectivity index (χ0) is 13.1. The van der Waals surface area contributed by atoms with E-state index in [1.54, 1.807) is 6.20 Å². The summed E-state index contributed by atoms with van der Waals surface area (Å²) in [5, 5.41) is 6.40. The first kappa shape index (κ1) is 12.7. The fourth-order valence-electron chi connectivity index (χ4n) is 2.90. The maximum atomic E-state index is 11.9. The summed E-state index contributed by atoms with van der Waals surface area (Å²) in [7, 11) is 0. The molecule has 0 aromatic carbocycles. The van der Waals surface area contributed by atoms with Crippen molar-refractivity contribution in [2.75, 3.05) is 13.1 Å². The van der Waals surface area contributed by atoms with Crippen LogP contribution in [0.1, 0.15) is 38.1 Å². The molecule has 19 heavy (non-hydrogen) atoms. The molecular weight excluding hydrogens is 240 g/mol. The van der Waals surface area contributed by atoms with Crippen LogP contribution in [0.4, 0.5) is 0 Å². The fourth-order valence-corrected chi connectivity index (χ4v) is 2.90. The van der Waals surface area contributed by atoms with E-state index in [2.05, 4.69) is 20.2 Å². The number of nitrogens with zero attached hydrogens (tertiary/aromatic N) is 2. The Balaban J connectivity index is 1.46. The Hall–Kier alpha value is -1.36. The quantitative estimate of drug-likeness (QED) is 0.807. The minimum absolute atomic E-state index is 0.123. The van der Waals surface area contributed by atoms with E-state index < -0.39 is 0 Å². The molecular formula is C14H22N4O. The van der Waals surface area contributed by atoms with E-state index in [0.717, 1.165) is 25.3 Å². The molecule has 2 unspecified atom stereocenters. The largest absolute Gasteiger partial charge is 0.350 e. The van der Waals surface area contributed by atoms with Crippen LogP contribution < -0.4 is 10.6 Å². The van der Waals surface area contributed by atoms with Gasteiger partial charge in [0.1, 0.15) is 0 Å². The molecule has 104 valence electrons. The number of rotatable bonds is 6. The smallest absolute Gasteiger partial charge is 0.234 e. The van der Waals surface area contributed by atoms with Gasteiger partial charge in [0, 0.05) is 18.4 Å². The van der Waals surface area contributed by atoms with E-state index in [9.17, 15) is 4.79 Å². The summed E-state index contributed by atoms with van der Waals surface area (Å²) in [4.78, 5) is 16.0. The van der Waals surface area contributed by atoms with Crippen molar-refractivity contribution in [3.63, 3.8) is 0 Å². The third kappa shape index (κ3) is 3.35. The van der Waals surface area contributed by atoms with E-state index in [1.807, 2.05) is 12.5 Å². The predicted molar refractivity (Wildman–Crippen MR) is 72.6 cm³/mol. The van der Waals surface area contributed by atoms with Gasteiger partial charge in [0.25, 0.3) is 0 Å².